The molecule has 1 aromatic carbocycles. The van der Waals surface area contributed by atoms with Gasteiger partial charge in [-0.1, -0.05) is 19.1 Å². The van der Waals surface area contributed by atoms with E-state index in [1.165, 1.54) is 24.5 Å². The van der Waals surface area contributed by atoms with Crippen LogP contribution < -0.4 is 10.2 Å². The van der Waals surface area contributed by atoms with E-state index < -0.39 is 0 Å². The molecule has 0 aliphatic carbocycles. The Bertz CT molecular complexity index is 626. The first-order valence-electron chi connectivity index (χ1n) is 7.07. The molecule has 0 aliphatic rings. The van der Waals surface area contributed by atoms with Crippen molar-refractivity contribution in [3.8, 4) is 0 Å². The maximum atomic E-state index is 13.0. The number of hydrogen-bond acceptors (Lipinski definition) is 4. The molecule has 6 heteroatoms. The molecule has 0 aliphatic heterocycles. The highest BCUT2D eigenvalue weighted by Crippen LogP contribution is 2.17. The third kappa shape index (κ3) is 3.78. The number of carbonyl (C=O) groups is 1. The van der Waals surface area contributed by atoms with E-state index in [1.807, 2.05) is 21.0 Å². The van der Waals surface area contributed by atoms with Gasteiger partial charge in [0.1, 0.15) is 5.82 Å². The van der Waals surface area contributed by atoms with E-state index in [2.05, 4.69) is 15.3 Å². The monoisotopic (exact) mass is 302 g/mol. The normalized spacial score (nSPS) is 11.8. The first kappa shape index (κ1) is 15.9. The minimum absolute atomic E-state index is 0.179. The van der Waals surface area contributed by atoms with E-state index in [1.54, 1.807) is 17.0 Å². The van der Waals surface area contributed by atoms with Crippen molar-refractivity contribution in [1.82, 2.24) is 15.3 Å². The molecule has 0 spiro atoms. The highest BCUT2D eigenvalue weighted by molar-refractivity contribution is 5.93. The Morgan fingerprint density at radius 1 is 1.23 bits per heavy atom. The third-order valence-corrected chi connectivity index (χ3v) is 3.29. The Balaban J connectivity index is 2.10. The largest absolute Gasteiger partial charge is 0.347 e. The van der Waals surface area contributed by atoms with Crippen LogP contribution in [0.25, 0.3) is 0 Å². The molecular weight excluding hydrogens is 283 g/mol. The molecule has 22 heavy (non-hydrogen) atoms. The lowest BCUT2D eigenvalue weighted by molar-refractivity contribution is 0.0935. The number of nitrogens with one attached hydrogen (secondary N) is 1. The summed E-state index contributed by atoms with van der Waals surface area (Å²) >= 11 is 0. The van der Waals surface area contributed by atoms with Crippen molar-refractivity contribution in [2.24, 2.45) is 0 Å². The Kier molecular flexibility index (Phi) is 5.04. The van der Waals surface area contributed by atoms with Crippen molar-refractivity contribution in [2.45, 2.75) is 19.4 Å². The summed E-state index contributed by atoms with van der Waals surface area (Å²) in [5.74, 6) is 0.00112. The first-order chi connectivity index (χ1) is 10.5. The number of nitrogens with zero attached hydrogens (tertiary/aromatic N) is 3. The van der Waals surface area contributed by atoms with Gasteiger partial charge >= 0.3 is 0 Å². The predicted octanol–water partition coefficient (Wildman–Crippen LogP) is 2.56. The average molecular weight is 302 g/mol. The molecule has 1 aromatic heterocycles. The summed E-state index contributed by atoms with van der Waals surface area (Å²) in [6, 6.07) is 5.95. The summed E-state index contributed by atoms with van der Waals surface area (Å²) in [7, 11) is 3.66. The van der Waals surface area contributed by atoms with Gasteiger partial charge in [-0.05, 0) is 24.1 Å². The molecule has 1 N–H and O–H groups in total. The Hall–Kier alpha value is -2.50. The second-order valence-corrected chi connectivity index (χ2v) is 5.15. The van der Waals surface area contributed by atoms with Gasteiger partial charge < -0.3 is 10.2 Å². The fourth-order valence-corrected chi connectivity index (χ4v) is 2.03. The average Bonchev–Trinajstić information content (AvgIpc) is 2.53. The number of aromatic nitrogens is 2. The number of hydrogen-bond donors (Lipinski definition) is 1. The van der Waals surface area contributed by atoms with Crippen molar-refractivity contribution < 1.29 is 9.18 Å². The first-order valence-corrected chi connectivity index (χ1v) is 7.07. The van der Waals surface area contributed by atoms with E-state index >= 15 is 0 Å². The van der Waals surface area contributed by atoms with Crippen molar-refractivity contribution in [1.29, 1.82) is 0 Å². The molecule has 0 saturated heterocycles. The van der Waals surface area contributed by atoms with E-state index in [9.17, 15) is 9.18 Å². The van der Waals surface area contributed by atoms with Crippen LogP contribution in [0.2, 0.25) is 0 Å². The fourth-order valence-electron chi connectivity index (χ4n) is 2.03. The molecule has 5 nitrogen and oxygen atoms in total. The van der Waals surface area contributed by atoms with Gasteiger partial charge in [-0.3, -0.25) is 4.79 Å². The topological polar surface area (TPSA) is 58.1 Å². The van der Waals surface area contributed by atoms with Gasteiger partial charge in [0, 0.05) is 26.5 Å². The smallest absolute Gasteiger partial charge is 0.254 e. The van der Waals surface area contributed by atoms with Gasteiger partial charge in [-0.2, -0.15) is 0 Å². The van der Waals surface area contributed by atoms with Crippen LogP contribution in [0.3, 0.4) is 0 Å². The number of benzene rings is 1. The van der Waals surface area contributed by atoms with Crippen molar-refractivity contribution in [3.05, 3.63) is 53.6 Å². The summed E-state index contributed by atoms with van der Waals surface area (Å²) in [5.41, 5.74) is 1.26. The molecule has 2 aromatic rings. The minimum Gasteiger partial charge on any atom is -0.347 e. The zero-order valence-electron chi connectivity index (χ0n) is 12.9. The molecule has 116 valence electrons. The second-order valence-electron chi connectivity index (χ2n) is 5.15. The number of anilines is 1. The standard InChI is InChI=1S/C16H19FN4O/c1-4-14(11-5-7-13(17)8-6-11)20-15(22)12-9-18-16(19-10-12)21(2)3/h5-10,14H,4H2,1-3H3,(H,20,22). The number of carbonyl (C=O) groups excluding carboxylic acids is 1. The van der Waals surface area contributed by atoms with Crippen molar-refractivity contribution in [3.63, 3.8) is 0 Å². The summed E-state index contributed by atoms with van der Waals surface area (Å²) in [4.78, 5) is 22.3. The Morgan fingerprint density at radius 2 is 1.82 bits per heavy atom. The molecule has 0 radical (unpaired) electrons. The van der Waals surface area contributed by atoms with Gasteiger partial charge in [0.2, 0.25) is 5.95 Å². The number of amides is 1. The van der Waals surface area contributed by atoms with Gasteiger partial charge in [-0.15, -0.1) is 0 Å². The summed E-state index contributed by atoms with van der Waals surface area (Å²) < 4.78 is 13.0. The van der Waals surface area contributed by atoms with Gasteiger partial charge in [0.25, 0.3) is 5.91 Å². The Morgan fingerprint density at radius 3 is 2.32 bits per heavy atom. The quantitative estimate of drug-likeness (QED) is 0.922. The lowest BCUT2D eigenvalue weighted by Gasteiger charge is -2.17. The Labute approximate surface area is 129 Å². The van der Waals surface area contributed by atoms with Crippen LogP contribution in [0.5, 0.6) is 0 Å². The highest BCUT2D eigenvalue weighted by atomic mass is 19.1. The summed E-state index contributed by atoms with van der Waals surface area (Å²) in [5, 5.41) is 2.91. The molecular formula is C16H19FN4O. The van der Waals surface area contributed by atoms with E-state index in [4.69, 9.17) is 0 Å². The van der Waals surface area contributed by atoms with Crippen molar-refractivity contribution in [2.75, 3.05) is 19.0 Å². The maximum Gasteiger partial charge on any atom is 0.254 e. The van der Waals surface area contributed by atoms with Crippen LogP contribution in [0.1, 0.15) is 35.3 Å². The van der Waals surface area contributed by atoms with Crippen molar-refractivity contribution >= 4 is 11.9 Å². The lowest BCUT2D eigenvalue weighted by atomic mass is 10.0. The van der Waals surface area contributed by atoms with Gasteiger partial charge in [0.15, 0.2) is 0 Å². The van der Waals surface area contributed by atoms with E-state index in [0.717, 1.165) is 5.56 Å². The molecule has 2 rings (SSSR count). The minimum atomic E-state index is -0.294. The zero-order chi connectivity index (χ0) is 16.1. The van der Waals surface area contributed by atoms with Crippen LogP contribution in [0.4, 0.5) is 10.3 Å². The van der Waals surface area contributed by atoms with E-state index in [0.29, 0.717) is 17.9 Å². The zero-order valence-corrected chi connectivity index (χ0v) is 12.9. The summed E-state index contributed by atoms with van der Waals surface area (Å²) in [6.07, 6.45) is 3.69. The second kappa shape index (κ2) is 6.98. The van der Waals surface area contributed by atoms with Crippen LogP contribution in [0.15, 0.2) is 36.7 Å². The number of halogens is 1. The number of rotatable bonds is 5. The molecule has 0 bridgehead atoms. The maximum absolute atomic E-state index is 13.0. The SMILES string of the molecule is CCC(NC(=O)c1cnc(N(C)C)nc1)c1ccc(F)cc1. The predicted molar refractivity (Wildman–Crippen MR) is 83.3 cm³/mol. The van der Waals surface area contributed by atoms with Crippen LogP contribution in [-0.2, 0) is 0 Å². The highest BCUT2D eigenvalue weighted by Gasteiger charge is 2.15. The van der Waals surface area contributed by atoms with Crippen LogP contribution in [0, 0.1) is 5.82 Å². The molecule has 0 fully saturated rings. The molecule has 1 amide bonds. The van der Waals surface area contributed by atoms with Crippen LogP contribution >= 0.6 is 0 Å². The summed E-state index contributed by atoms with van der Waals surface area (Å²) in [6.45, 7) is 1.96. The van der Waals surface area contributed by atoms with Crippen LogP contribution in [-0.4, -0.2) is 30.0 Å². The van der Waals surface area contributed by atoms with E-state index in [-0.39, 0.29) is 17.8 Å². The van der Waals surface area contributed by atoms with Gasteiger partial charge in [-0.25, -0.2) is 14.4 Å². The molecule has 1 atom stereocenters. The molecule has 1 unspecified atom stereocenters. The fraction of sp³-hybridized carbons (Fsp3) is 0.312. The molecule has 1 heterocycles. The van der Waals surface area contributed by atoms with Gasteiger partial charge in [0.05, 0.1) is 11.6 Å². The molecule has 0 saturated carbocycles. The lowest BCUT2D eigenvalue weighted by Crippen LogP contribution is -2.28. The third-order valence-electron chi connectivity index (χ3n) is 3.29.